The molecule has 2 aliphatic heterocycles. The summed E-state index contributed by atoms with van der Waals surface area (Å²) in [4.78, 5) is 26.9. The second-order valence-corrected chi connectivity index (χ2v) is 9.42. The molecule has 36 heavy (non-hydrogen) atoms. The van der Waals surface area contributed by atoms with E-state index in [0.717, 1.165) is 25.2 Å². The van der Waals surface area contributed by atoms with Gasteiger partial charge in [0.05, 0.1) is 16.4 Å². The molecule has 5 rings (SSSR count). The van der Waals surface area contributed by atoms with Crippen molar-refractivity contribution >= 4 is 17.3 Å². The number of rotatable bonds is 6. The van der Waals surface area contributed by atoms with Gasteiger partial charge in [-0.2, -0.15) is 5.26 Å². The van der Waals surface area contributed by atoms with Crippen molar-refractivity contribution < 1.29 is 4.92 Å². The lowest BCUT2D eigenvalue weighted by Gasteiger charge is -2.38. The summed E-state index contributed by atoms with van der Waals surface area (Å²) in [5, 5.41) is 22.3. The number of piperidine rings is 1. The van der Waals surface area contributed by atoms with E-state index in [1.807, 2.05) is 58.3 Å². The fourth-order valence-electron chi connectivity index (χ4n) is 5.27. The van der Waals surface area contributed by atoms with Crippen molar-refractivity contribution in [3.63, 3.8) is 0 Å². The molecule has 0 spiro atoms. The fourth-order valence-corrected chi connectivity index (χ4v) is 5.27. The van der Waals surface area contributed by atoms with Crippen molar-refractivity contribution in [3.05, 3.63) is 88.2 Å². The van der Waals surface area contributed by atoms with Crippen LogP contribution in [-0.4, -0.2) is 59.1 Å². The lowest BCUT2D eigenvalue weighted by molar-refractivity contribution is -0.383. The van der Waals surface area contributed by atoms with Crippen LogP contribution >= 0.6 is 0 Å². The molecular formula is C27H29N7O2. The molecule has 3 aromatic rings. The van der Waals surface area contributed by atoms with Gasteiger partial charge in [-0.25, -0.2) is 9.97 Å². The number of anilines is 2. The SMILES string of the molecule is N#CC1(c2ccccc2)CCN(c2ncnc(N3CCN(Cc4ccccc4)CC3)c2[N+](=O)[O-])CC1. The summed E-state index contributed by atoms with van der Waals surface area (Å²) in [6.45, 7) is 4.83. The molecule has 0 bridgehead atoms. The second-order valence-electron chi connectivity index (χ2n) is 9.42. The van der Waals surface area contributed by atoms with Gasteiger partial charge in [0, 0.05) is 45.8 Å². The number of nitrogens with zero attached hydrogens (tertiary/aromatic N) is 7. The van der Waals surface area contributed by atoms with Crippen LogP contribution in [-0.2, 0) is 12.0 Å². The Morgan fingerprint density at radius 2 is 1.42 bits per heavy atom. The summed E-state index contributed by atoms with van der Waals surface area (Å²) in [5.41, 5.74) is 1.63. The lowest BCUT2D eigenvalue weighted by Crippen LogP contribution is -2.46. The van der Waals surface area contributed by atoms with Gasteiger partial charge in [0.1, 0.15) is 6.33 Å². The highest BCUT2D eigenvalue weighted by Gasteiger charge is 2.39. The van der Waals surface area contributed by atoms with Crippen molar-refractivity contribution in [2.45, 2.75) is 24.8 Å². The van der Waals surface area contributed by atoms with Crippen molar-refractivity contribution in [3.8, 4) is 6.07 Å². The molecule has 9 nitrogen and oxygen atoms in total. The molecule has 0 N–H and O–H groups in total. The van der Waals surface area contributed by atoms with Crippen LogP contribution < -0.4 is 9.80 Å². The highest BCUT2D eigenvalue weighted by atomic mass is 16.6. The zero-order valence-electron chi connectivity index (χ0n) is 20.2. The average molecular weight is 484 g/mol. The van der Waals surface area contributed by atoms with E-state index in [-0.39, 0.29) is 10.6 Å². The summed E-state index contributed by atoms with van der Waals surface area (Å²) >= 11 is 0. The third-order valence-corrected chi connectivity index (χ3v) is 7.34. The molecule has 2 fully saturated rings. The van der Waals surface area contributed by atoms with Gasteiger partial charge in [0.2, 0.25) is 11.6 Å². The molecule has 0 atom stereocenters. The fraction of sp³-hybridized carbons (Fsp3) is 0.370. The highest BCUT2D eigenvalue weighted by molar-refractivity contribution is 5.71. The van der Waals surface area contributed by atoms with Crippen molar-refractivity contribution in [1.82, 2.24) is 14.9 Å². The average Bonchev–Trinajstić information content (AvgIpc) is 2.94. The predicted molar refractivity (Wildman–Crippen MR) is 138 cm³/mol. The molecule has 2 saturated heterocycles. The molecule has 184 valence electrons. The summed E-state index contributed by atoms with van der Waals surface area (Å²) in [6, 6.07) is 22.7. The maximum Gasteiger partial charge on any atom is 0.353 e. The Morgan fingerprint density at radius 1 is 0.861 bits per heavy atom. The Kier molecular flexibility index (Phi) is 6.78. The van der Waals surface area contributed by atoms with Gasteiger partial charge in [-0.1, -0.05) is 60.7 Å². The molecule has 0 saturated carbocycles. The van der Waals surface area contributed by atoms with Gasteiger partial charge in [0.25, 0.3) is 0 Å². The van der Waals surface area contributed by atoms with Gasteiger partial charge < -0.3 is 9.80 Å². The van der Waals surface area contributed by atoms with E-state index in [1.54, 1.807) is 0 Å². The molecule has 2 aliphatic rings. The van der Waals surface area contributed by atoms with Gasteiger partial charge in [-0.05, 0) is 24.0 Å². The Balaban J connectivity index is 1.31. The summed E-state index contributed by atoms with van der Waals surface area (Å²) in [7, 11) is 0. The first-order valence-corrected chi connectivity index (χ1v) is 12.3. The Bertz CT molecular complexity index is 1230. The smallest absolute Gasteiger partial charge is 0.351 e. The lowest BCUT2D eigenvalue weighted by atomic mass is 9.74. The molecule has 1 aromatic heterocycles. The minimum Gasteiger partial charge on any atom is -0.351 e. The minimum atomic E-state index is -0.586. The van der Waals surface area contributed by atoms with E-state index >= 15 is 0 Å². The molecule has 2 aromatic carbocycles. The van der Waals surface area contributed by atoms with Crippen LogP contribution in [0.1, 0.15) is 24.0 Å². The number of piperazine rings is 1. The molecule has 9 heteroatoms. The molecule has 0 unspecified atom stereocenters. The molecule has 0 aliphatic carbocycles. The minimum absolute atomic E-state index is 0.0434. The van der Waals surface area contributed by atoms with Gasteiger partial charge in [-0.3, -0.25) is 15.0 Å². The van der Waals surface area contributed by atoms with Crippen LogP contribution in [0.4, 0.5) is 17.3 Å². The topological polar surface area (TPSA) is 102 Å². The van der Waals surface area contributed by atoms with E-state index in [1.165, 1.54) is 11.9 Å². The second kappa shape index (κ2) is 10.3. The molecule has 3 heterocycles. The Hall–Kier alpha value is -4.03. The van der Waals surface area contributed by atoms with Crippen LogP contribution in [0.5, 0.6) is 0 Å². The van der Waals surface area contributed by atoms with E-state index in [2.05, 4.69) is 33.1 Å². The first-order valence-electron chi connectivity index (χ1n) is 12.3. The first kappa shape index (κ1) is 23.7. The number of hydrogen-bond donors (Lipinski definition) is 0. The monoisotopic (exact) mass is 483 g/mol. The van der Waals surface area contributed by atoms with Crippen LogP contribution in [0.3, 0.4) is 0 Å². The Labute approximate surface area is 210 Å². The third kappa shape index (κ3) is 4.72. The maximum absolute atomic E-state index is 12.2. The standard InChI is InChI=1S/C27H29N7O2/c28-20-27(23-9-5-2-6-10-23)11-13-32(14-12-27)25-24(34(35)36)26(30-21-29-25)33-17-15-31(16-18-33)19-22-7-3-1-4-8-22/h1-10,21H,11-19H2. The van der Waals surface area contributed by atoms with Gasteiger partial charge >= 0.3 is 5.69 Å². The normalized spacial score (nSPS) is 18.0. The van der Waals surface area contributed by atoms with Crippen LogP contribution in [0, 0.1) is 21.4 Å². The number of nitriles is 1. The number of benzene rings is 2. The molecule has 0 radical (unpaired) electrons. The van der Waals surface area contributed by atoms with Crippen LogP contribution in [0.25, 0.3) is 0 Å². The van der Waals surface area contributed by atoms with Gasteiger partial charge in [0.15, 0.2) is 0 Å². The predicted octanol–water partition coefficient (Wildman–Crippen LogP) is 3.77. The number of nitro groups is 1. The van der Waals surface area contributed by atoms with E-state index in [9.17, 15) is 15.4 Å². The van der Waals surface area contributed by atoms with Crippen molar-refractivity contribution in [2.24, 2.45) is 0 Å². The van der Waals surface area contributed by atoms with Crippen molar-refractivity contribution in [1.29, 1.82) is 5.26 Å². The number of aromatic nitrogens is 2. The van der Waals surface area contributed by atoms with E-state index in [0.29, 0.717) is 50.7 Å². The quantitative estimate of drug-likeness (QED) is 0.386. The summed E-state index contributed by atoms with van der Waals surface area (Å²) < 4.78 is 0. The third-order valence-electron chi connectivity index (χ3n) is 7.34. The number of hydrogen-bond acceptors (Lipinski definition) is 8. The molecule has 0 amide bonds. The maximum atomic E-state index is 12.2. The largest absolute Gasteiger partial charge is 0.353 e. The summed E-state index contributed by atoms with van der Waals surface area (Å²) in [6.07, 6.45) is 2.60. The first-order chi connectivity index (χ1) is 17.6. The highest BCUT2D eigenvalue weighted by Crippen LogP contribution is 2.40. The zero-order valence-corrected chi connectivity index (χ0v) is 20.2. The molecular weight excluding hydrogens is 454 g/mol. The van der Waals surface area contributed by atoms with Gasteiger partial charge in [-0.15, -0.1) is 0 Å². The van der Waals surface area contributed by atoms with Crippen LogP contribution in [0.2, 0.25) is 0 Å². The summed E-state index contributed by atoms with van der Waals surface area (Å²) in [5.74, 6) is 0.723. The zero-order chi connectivity index (χ0) is 25.0. The Morgan fingerprint density at radius 3 is 1.97 bits per heavy atom. The van der Waals surface area contributed by atoms with Crippen LogP contribution in [0.15, 0.2) is 67.0 Å². The van der Waals surface area contributed by atoms with E-state index < -0.39 is 5.41 Å². The van der Waals surface area contributed by atoms with Crippen molar-refractivity contribution in [2.75, 3.05) is 49.1 Å². The van der Waals surface area contributed by atoms with E-state index in [4.69, 9.17) is 0 Å².